The van der Waals surface area contributed by atoms with Crippen LogP contribution in [0, 0.1) is 5.82 Å². The summed E-state index contributed by atoms with van der Waals surface area (Å²) in [4.78, 5) is 2.12. The van der Waals surface area contributed by atoms with E-state index in [0.717, 1.165) is 22.7 Å². The summed E-state index contributed by atoms with van der Waals surface area (Å²) in [6.07, 6.45) is 0. The molecule has 2 nitrogen and oxygen atoms in total. The molecule has 0 fully saturated rings. The Kier molecular flexibility index (Phi) is 5.12. The van der Waals surface area contributed by atoms with Crippen molar-refractivity contribution in [2.24, 2.45) is 5.73 Å². The highest BCUT2D eigenvalue weighted by Gasteiger charge is 2.05. The molecule has 2 aromatic rings. The number of rotatable bonds is 5. The zero-order chi connectivity index (χ0) is 14.5. The first kappa shape index (κ1) is 15.0. The maximum Gasteiger partial charge on any atom is 0.123 e. The molecular weight excluding hydrogens is 275 g/mol. The van der Waals surface area contributed by atoms with Crippen LogP contribution in [0.25, 0.3) is 0 Å². The standard InChI is InChI=1S/C16H18ClFN2/c1-20(10-12-2-4-15(17)5-3-12)11-14-6-13(9-19)7-16(18)8-14/h2-8H,9-11,19H2,1H3. The van der Waals surface area contributed by atoms with Gasteiger partial charge >= 0.3 is 0 Å². The molecule has 0 saturated heterocycles. The van der Waals surface area contributed by atoms with E-state index >= 15 is 0 Å². The molecule has 0 atom stereocenters. The molecule has 0 aliphatic rings. The topological polar surface area (TPSA) is 29.3 Å². The van der Waals surface area contributed by atoms with Crippen molar-refractivity contribution in [2.75, 3.05) is 7.05 Å². The average molecular weight is 293 g/mol. The van der Waals surface area contributed by atoms with Crippen molar-refractivity contribution in [3.8, 4) is 0 Å². The Labute approximate surface area is 124 Å². The molecule has 2 N–H and O–H groups in total. The normalized spacial score (nSPS) is 11.1. The average Bonchev–Trinajstić information content (AvgIpc) is 2.40. The smallest absolute Gasteiger partial charge is 0.123 e. The van der Waals surface area contributed by atoms with E-state index in [1.807, 2.05) is 37.4 Å². The Morgan fingerprint density at radius 2 is 1.60 bits per heavy atom. The van der Waals surface area contributed by atoms with Crippen LogP contribution in [-0.4, -0.2) is 11.9 Å². The van der Waals surface area contributed by atoms with Gasteiger partial charge in [-0.3, -0.25) is 4.90 Å². The van der Waals surface area contributed by atoms with Gasteiger partial charge < -0.3 is 5.73 Å². The van der Waals surface area contributed by atoms with Gasteiger partial charge in [-0.2, -0.15) is 0 Å². The minimum atomic E-state index is -0.233. The fourth-order valence-corrected chi connectivity index (χ4v) is 2.32. The van der Waals surface area contributed by atoms with E-state index < -0.39 is 0 Å². The summed E-state index contributed by atoms with van der Waals surface area (Å²) in [7, 11) is 2.00. The third-order valence-electron chi connectivity index (χ3n) is 3.07. The molecule has 0 radical (unpaired) electrons. The Morgan fingerprint density at radius 3 is 2.25 bits per heavy atom. The molecule has 0 spiro atoms. The van der Waals surface area contributed by atoms with Crippen molar-refractivity contribution in [2.45, 2.75) is 19.6 Å². The third-order valence-corrected chi connectivity index (χ3v) is 3.32. The number of benzene rings is 2. The summed E-state index contributed by atoms with van der Waals surface area (Å²) < 4.78 is 13.4. The van der Waals surface area contributed by atoms with Crippen molar-refractivity contribution in [1.29, 1.82) is 0 Å². The molecular formula is C16H18ClFN2. The lowest BCUT2D eigenvalue weighted by Crippen LogP contribution is -2.17. The highest BCUT2D eigenvalue weighted by atomic mass is 35.5. The van der Waals surface area contributed by atoms with Gasteiger partial charge in [0, 0.05) is 24.7 Å². The molecule has 0 unspecified atom stereocenters. The molecule has 4 heteroatoms. The van der Waals surface area contributed by atoms with E-state index in [9.17, 15) is 4.39 Å². The fraction of sp³-hybridized carbons (Fsp3) is 0.250. The van der Waals surface area contributed by atoms with Gasteiger partial charge in [-0.05, 0) is 48.0 Å². The summed E-state index contributed by atoms with van der Waals surface area (Å²) in [5.74, 6) is -0.233. The van der Waals surface area contributed by atoms with E-state index in [-0.39, 0.29) is 5.82 Å². The second-order valence-electron chi connectivity index (χ2n) is 4.97. The number of hydrogen-bond acceptors (Lipinski definition) is 2. The Bertz CT molecular complexity index is 569. The molecule has 2 aromatic carbocycles. The first-order valence-electron chi connectivity index (χ1n) is 6.48. The summed E-state index contributed by atoms with van der Waals surface area (Å²) in [6, 6.07) is 12.7. The molecule has 0 aromatic heterocycles. The van der Waals surface area contributed by atoms with Crippen LogP contribution in [-0.2, 0) is 19.6 Å². The first-order chi connectivity index (χ1) is 9.56. The van der Waals surface area contributed by atoms with Gasteiger partial charge in [0.1, 0.15) is 5.82 Å². The van der Waals surface area contributed by atoms with Crippen LogP contribution in [0.5, 0.6) is 0 Å². The van der Waals surface area contributed by atoms with Gasteiger partial charge in [0.05, 0.1) is 0 Å². The lowest BCUT2D eigenvalue weighted by molar-refractivity contribution is 0.318. The number of halogens is 2. The Balaban J connectivity index is 2.02. The van der Waals surface area contributed by atoms with Crippen molar-refractivity contribution in [3.63, 3.8) is 0 Å². The van der Waals surface area contributed by atoms with Crippen LogP contribution in [0.15, 0.2) is 42.5 Å². The lowest BCUT2D eigenvalue weighted by atomic mass is 10.1. The van der Waals surface area contributed by atoms with E-state index in [0.29, 0.717) is 13.1 Å². The molecule has 0 bridgehead atoms. The number of nitrogens with two attached hydrogens (primary N) is 1. The summed E-state index contributed by atoms with van der Waals surface area (Å²) >= 11 is 5.86. The fourth-order valence-electron chi connectivity index (χ4n) is 2.20. The van der Waals surface area contributed by atoms with Gasteiger partial charge in [-0.15, -0.1) is 0 Å². The third kappa shape index (κ3) is 4.30. The van der Waals surface area contributed by atoms with Crippen LogP contribution < -0.4 is 5.73 Å². The highest BCUT2D eigenvalue weighted by Crippen LogP contribution is 2.14. The zero-order valence-electron chi connectivity index (χ0n) is 11.4. The second-order valence-corrected chi connectivity index (χ2v) is 5.41. The molecule has 0 heterocycles. The van der Waals surface area contributed by atoms with Crippen LogP contribution in [0.1, 0.15) is 16.7 Å². The molecule has 0 aliphatic carbocycles. The van der Waals surface area contributed by atoms with Crippen LogP contribution in [0.3, 0.4) is 0 Å². The Hall–Kier alpha value is -1.42. The molecule has 0 amide bonds. The van der Waals surface area contributed by atoms with Crippen LogP contribution in [0.4, 0.5) is 4.39 Å². The number of hydrogen-bond donors (Lipinski definition) is 1. The van der Waals surface area contributed by atoms with E-state index in [2.05, 4.69) is 4.90 Å². The quantitative estimate of drug-likeness (QED) is 0.913. The van der Waals surface area contributed by atoms with Crippen molar-refractivity contribution in [1.82, 2.24) is 4.90 Å². The van der Waals surface area contributed by atoms with Crippen molar-refractivity contribution in [3.05, 3.63) is 70.0 Å². The van der Waals surface area contributed by atoms with Crippen molar-refractivity contribution < 1.29 is 4.39 Å². The second kappa shape index (κ2) is 6.84. The largest absolute Gasteiger partial charge is 0.326 e. The first-order valence-corrected chi connectivity index (χ1v) is 6.86. The van der Waals surface area contributed by atoms with Crippen LogP contribution in [0.2, 0.25) is 5.02 Å². The summed E-state index contributed by atoms with van der Waals surface area (Å²) in [5.41, 5.74) is 8.49. The molecule has 106 valence electrons. The van der Waals surface area contributed by atoms with Crippen molar-refractivity contribution >= 4 is 11.6 Å². The maximum absolute atomic E-state index is 13.4. The van der Waals surface area contributed by atoms with E-state index in [4.69, 9.17) is 17.3 Å². The van der Waals surface area contributed by atoms with Gasteiger partial charge in [-0.1, -0.05) is 29.8 Å². The van der Waals surface area contributed by atoms with Gasteiger partial charge in [-0.25, -0.2) is 4.39 Å². The lowest BCUT2D eigenvalue weighted by Gasteiger charge is -2.17. The minimum absolute atomic E-state index is 0.233. The van der Waals surface area contributed by atoms with Gasteiger partial charge in [0.15, 0.2) is 0 Å². The predicted molar refractivity (Wildman–Crippen MR) is 80.9 cm³/mol. The van der Waals surface area contributed by atoms with E-state index in [1.54, 1.807) is 6.07 Å². The monoisotopic (exact) mass is 292 g/mol. The maximum atomic E-state index is 13.4. The zero-order valence-corrected chi connectivity index (χ0v) is 12.2. The highest BCUT2D eigenvalue weighted by molar-refractivity contribution is 6.30. The SMILES string of the molecule is CN(Cc1ccc(Cl)cc1)Cc1cc(F)cc(CN)c1. The molecule has 0 aliphatic heterocycles. The number of nitrogens with zero attached hydrogens (tertiary/aromatic N) is 1. The van der Waals surface area contributed by atoms with Crippen LogP contribution >= 0.6 is 11.6 Å². The summed E-state index contributed by atoms with van der Waals surface area (Å²) in [6.45, 7) is 1.81. The van der Waals surface area contributed by atoms with Gasteiger partial charge in [0.25, 0.3) is 0 Å². The summed E-state index contributed by atoms with van der Waals surface area (Å²) in [5, 5.41) is 0.731. The van der Waals surface area contributed by atoms with Gasteiger partial charge in [0.2, 0.25) is 0 Å². The Morgan fingerprint density at radius 1 is 1.00 bits per heavy atom. The van der Waals surface area contributed by atoms with E-state index in [1.165, 1.54) is 11.6 Å². The molecule has 2 rings (SSSR count). The minimum Gasteiger partial charge on any atom is -0.326 e. The molecule has 0 saturated carbocycles. The molecule has 20 heavy (non-hydrogen) atoms. The predicted octanol–water partition coefficient (Wildman–Crippen LogP) is 3.57.